The summed E-state index contributed by atoms with van der Waals surface area (Å²) in [4.78, 5) is 6.29. The normalized spacial score (nSPS) is 14.7. The number of aromatic nitrogens is 2. The van der Waals surface area contributed by atoms with Crippen LogP contribution in [-0.4, -0.2) is 28.5 Å². The highest BCUT2D eigenvalue weighted by Gasteiger charge is 2.17. The number of alkyl halides is 1. The van der Waals surface area contributed by atoms with Crippen LogP contribution in [0, 0.1) is 4.77 Å². The fraction of sp³-hybridized carbons (Fsp3) is 0.500. The second kappa shape index (κ2) is 3.64. The van der Waals surface area contributed by atoms with Crippen molar-refractivity contribution in [2.75, 3.05) is 23.9 Å². The van der Waals surface area contributed by atoms with Crippen molar-refractivity contribution >= 4 is 29.6 Å². The van der Waals surface area contributed by atoms with E-state index in [9.17, 15) is 0 Å². The van der Waals surface area contributed by atoms with E-state index in [1.54, 1.807) is 6.20 Å². The molecular weight excluding hydrogens is 206 g/mol. The zero-order chi connectivity index (χ0) is 9.26. The fourth-order valence-electron chi connectivity index (χ4n) is 1.58. The molecule has 13 heavy (non-hydrogen) atoms. The Morgan fingerprint density at radius 3 is 3.15 bits per heavy atom. The second-order valence-electron chi connectivity index (χ2n) is 2.91. The first-order chi connectivity index (χ1) is 6.33. The Bertz CT molecular complexity index is 363. The maximum Gasteiger partial charge on any atom is 0.201 e. The lowest BCUT2D eigenvalue weighted by molar-refractivity contribution is 0.752. The van der Waals surface area contributed by atoms with Crippen molar-refractivity contribution in [3.05, 3.63) is 17.0 Å². The van der Waals surface area contributed by atoms with E-state index in [-0.39, 0.29) is 0 Å². The van der Waals surface area contributed by atoms with Crippen molar-refractivity contribution in [1.82, 2.24) is 9.55 Å². The third-order valence-electron chi connectivity index (χ3n) is 2.19. The smallest absolute Gasteiger partial charge is 0.201 e. The lowest BCUT2D eigenvalue weighted by Gasteiger charge is -2.15. The average Bonchev–Trinajstić information content (AvgIpc) is 2.51. The first kappa shape index (κ1) is 8.97. The summed E-state index contributed by atoms with van der Waals surface area (Å²) in [7, 11) is 0. The molecule has 0 aromatic carbocycles. The summed E-state index contributed by atoms with van der Waals surface area (Å²) in [6.07, 6.45) is 1.75. The molecule has 1 aliphatic heterocycles. The van der Waals surface area contributed by atoms with E-state index in [0.717, 1.165) is 25.5 Å². The van der Waals surface area contributed by atoms with Crippen LogP contribution in [0.3, 0.4) is 0 Å². The van der Waals surface area contributed by atoms with E-state index in [4.69, 9.17) is 23.8 Å². The molecule has 1 aliphatic rings. The van der Waals surface area contributed by atoms with Gasteiger partial charge in [-0.25, -0.2) is 4.98 Å². The SMILES string of the molecule is S=c1nccc2n1CCN2CCCl. The van der Waals surface area contributed by atoms with Crippen LogP contribution in [0.1, 0.15) is 0 Å². The van der Waals surface area contributed by atoms with Crippen LogP contribution in [0.25, 0.3) is 0 Å². The van der Waals surface area contributed by atoms with Crippen LogP contribution < -0.4 is 4.90 Å². The van der Waals surface area contributed by atoms with Gasteiger partial charge in [-0.05, 0) is 18.3 Å². The molecule has 0 spiro atoms. The maximum absolute atomic E-state index is 5.70. The van der Waals surface area contributed by atoms with E-state index >= 15 is 0 Å². The van der Waals surface area contributed by atoms with Gasteiger partial charge < -0.3 is 9.47 Å². The minimum Gasteiger partial charge on any atom is -0.355 e. The Labute approximate surface area is 87.0 Å². The molecule has 0 unspecified atom stereocenters. The highest BCUT2D eigenvalue weighted by molar-refractivity contribution is 7.71. The number of hydrogen-bond donors (Lipinski definition) is 0. The summed E-state index contributed by atoms with van der Waals surface area (Å²) in [6.45, 7) is 2.79. The van der Waals surface area contributed by atoms with Crippen molar-refractivity contribution in [2.45, 2.75) is 6.54 Å². The molecule has 1 aromatic heterocycles. The molecule has 70 valence electrons. The number of halogens is 1. The second-order valence-corrected chi connectivity index (χ2v) is 3.66. The van der Waals surface area contributed by atoms with Gasteiger partial charge in [0, 0.05) is 31.7 Å². The van der Waals surface area contributed by atoms with Crippen LogP contribution in [0.2, 0.25) is 0 Å². The lowest BCUT2D eigenvalue weighted by Crippen LogP contribution is -2.22. The van der Waals surface area contributed by atoms with Crippen LogP contribution >= 0.6 is 23.8 Å². The largest absolute Gasteiger partial charge is 0.355 e. The van der Waals surface area contributed by atoms with Crippen LogP contribution in [-0.2, 0) is 6.54 Å². The van der Waals surface area contributed by atoms with Crippen LogP contribution in [0.15, 0.2) is 12.3 Å². The molecule has 5 heteroatoms. The van der Waals surface area contributed by atoms with Gasteiger partial charge in [0.1, 0.15) is 5.82 Å². The molecule has 0 bridgehead atoms. The Hall–Kier alpha value is -0.610. The van der Waals surface area contributed by atoms with E-state index in [1.807, 2.05) is 10.6 Å². The number of nitrogens with zero attached hydrogens (tertiary/aromatic N) is 3. The maximum atomic E-state index is 5.70. The van der Waals surface area contributed by atoms with E-state index in [2.05, 4.69) is 9.88 Å². The molecule has 0 saturated carbocycles. The lowest BCUT2D eigenvalue weighted by atomic mass is 10.5. The minimum absolute atomic E-state index is 0.648. The summed E-state index contributed by atoms with van der Waals surface area (Å²) in [5.41, 5.74) is 0. The molecule has 0 radical (unpaired) electrons. The highest BCUT2D eigenvalue weighted by atomic mass is 35.5. The third kappa shape index (κ3) is 1.56. The Balaban J connectivity index is 2.37. The molecule has 0 saturated heterocycles. The topological polar surface area (TPSA) is 21.1 Å². The molecule has 2 heterocycles. The first-order valence-electron chi connectivity index (χ1n) is 4.19. The quantitative estimate of drug-likeness (QED) is 0.553. The van der Waals surface area contributed by atoms with Crippen molar-refractivity contribution in [3.8, 4) is 0 Å². The zero-order valence-corrected chi connectivity index (χ0v) is 8.68. The van der Waals surface area contributed by atoms with Crippen LogP contribution in [0.4, 0.5) is 5.82 Å². The van der Waals surface area contributed by atoms with Gasteiger partial charge in [0.05, 0.1) is 0 Å². The van der Waals surface area contributed by atoms with Gasteiger partial charge in [0.2, 0.25) is 4.77 Å². The van der Waals surface area contributed by atoms with Gasteiger partial charge in [0.25, 0.3) is 0 Å². The van der Waals surface area contributed by atoms with Crippen molar-refractivity contribution in [2.24, 2.45) is 0 Å². The summed E-state index contributed by atoms with van der Waals surface area (Å²) in [5.74, 6) is 1.79. The molecule has 1 aromatic rings. The Morgan fingerprint density at radius 1 is 1.54 bits per heavy atom. The Morgan fingerprint density at radius 2 is 2.38 bits per heavy atom. The monoisotopic (exact) mass is 215 g/mol. The van der Waals surface area contributed by atoms with Gasteiger partial charge in [0.15, 0.2) is 0 Å². The third-order valence-corrected chi connectivity index (χ3v) is 2.68. The predicted molar refractivity (Wildman–Crippen MR) is 56.0 cm³/mol. The minimum atomic E-state index is 0.648. The number of anilines is 1. The standard InChI is InChI=1S/C8H10ClN3S/c9-2-4-11-5-6-12-7(11)1-3-10-8(12)13/h1,3H,2,4-6H2. The summed E-state index contributed by atoms with van der Waals surface area (Å²) < 4.78 is 2.71. The summed E-state index contributed by atoms with van der Waals surface area (Å²) >= 11 is 10.8. The van der Waals surface area contributed by atoms with Gasteiger partial charge in [-0.2, -0.15) is 0 Å². The van der Waals surface area contributed by atoms with E-state index in [1.165, 1.54) is 0 Å². The molecule has 0 aliphatic carbocycles. The molecule has 2 rings (SSSR count). The molecule has 0 fully saturated rings. The number of hydrogen-bond acceptors (Lipinski definition) is 3. The number of rotatable bonds is 2. The molecular formula is C8H10ClN3S. The summed E-state index contributed by atoms with van der Waals surface area (Å²) in [6, 6.07) is 1.98. The van der Waals surface area contributed by atoms with Crippen molar-refractivity contribution in [3.63, 3.8) is 0 Å². The molecule has 3 nitrogen and oxygen atoms in total. The molecule has 0 N–H and O–H groups in total. The van der Waals surface area contributed by atoms with Gasteiger partial charge >= 0.3 is 0 Å². The number of fused-ring (bicyclic) bond motifs is 1. The fourth-order valence-corrected chi connectivity index (χ4v) is 2.03. The van der Waals surface area contributed by atoms with Crippen LogP contribution in [0.5, 0.6) is 0 Å². The molecule has 0 amide bonds. The van der Waals surface area contributed by atoms with Crippen molar-refractivity contribution in [1.29, 1.82) is 0 Å². The van der Waals surface area contributed by atoms with Gasteiger partial charge in [-0.3, -0.25) is 0 Å². The zero-order valence-electron chi connectivity index (χ0n) is 7.11. The Kier molecular flexibility index (Phi) is 2.51. The average molecular weight is 216 g/mol. The van der Waals surface area contributed by atoms with Gasteiger partial charge in [-0.1, -0.05) is 0 Å². The summed E-state index contributed by atoms with van der Waals surface area (Å²) in [5, 5.41) is 0. The van der Waals surface area contributed by atoms with Gasteiger partial charge in [-0.15, -0.1) is 11.6 Å². The predicted octanol–water partition coefficient (Wildman–Crippen LogP) is 1.67. The highest BCUT2D eigenvalue weighted by Crippen LogP contribution is 2.19. The first-order valence-corrected chi connectivity index (χ1v) is 5.14. The molecule has 0 atom stereocenters. The van der Waals surface area contributed by atoms with Crippen molar-refractivity contribution < 1.29 is 0 Å². The van der Waals surface area contributed by atoms with E-state index in [0.29, 0.717) is 10.7 Å². The van der Waals surface area contributed by atoms with E-state index < -0.39 is 0 Å².